The molecule has 0 aromatic heterocycles. The summed E-state index contributed by atoms with van der Waals surface area (Å²) in [6, 6.07) is 14.0. The predicted molar refractivity (Wildman–Crippen MR) is 87.4 cm³/mol. The summed E-state index contributed by atoms with van der Waals surface area (Å²) in [6.45, 7) is 0.434. The molecular formula is C17H18FNO2S. The maximum atomic E-state index is 13.0. The number of thioether (sulfide) groups is 1. The zero-order valence-electron chi connectivity index (χ0n) is 12.3. The Labute approximate surface area is 133 Å². The van der Waals surface area contributed by atoms with Gasteiger partial charge in [-0.3, -0.25) is 4.79 Å². The monoisotopic (exact) mass is 319 g/mol. The van der Waals surface area contributed by atoms with Crippen LogP contribution in [0.5, 0.6) is 5.75 Å². The van der Waals surface area contributed by atoms with E-state index in [0.29, 0.717) is 18.1 Å². The average molecular weight is 319 g/mol. The number of methoxy groups -OCH3 is 1. The molecule has 5 heteroatoms. The van der Waals surface area contributed by atoms with Crippen LogP contribution < -0.4 is 10.1 Å². The van der Waals surface area contributed by atoms with Crippen molar-refractivity contribution < 1.29 is 13.9 Å². The molecule has 0 aliphatic rings. The zero-order valence-corrected chi connectivity index (χ0v) is 13.2. The van der Waals surface area contributed by atoms with Crippen molar-refractivity contribution in [2.45, 2.75) is 12.3 Å². The van der Waals surface area contributed by atoms with Gasteiger partial charge in [0.05, 0.1) is 12.9 Å². The molecule has 0 radical (unpaired) electrons. The molecule has 0 unspecified atom stereocenters. The largest absolute Gasteiger partial charge is 0.496 e. The molecule has 0 heterocycles. The summed E-state index contributed by atoms with van der Waals surface area (Å²) >= 11 is 1.46. The van der Waals surface area contributed by atoms with Crippen molar-refractivity contribution in [2.75, 3.05) is 12.9 Å². The molecule has 22 heavy (non-hydrogen) atoms. The minimum atomic E-state index is -0.251. The smallest absolute Gasteiger partial charge is 0.230 e. The van der Waals surface area contributed by atoms with Crippen LogP contribution in [0.4, 0.5) is 4.39 Å². The SMILES string of the molecule is COc1ccccc1CNC(=O)CSCc1cccc(F)c1. The molecule has 1 amide bonds. The van der Waals surface area contributed by atoms with E-state index in [4.69, 9.17) is 4.74 Å². The van der Waals surface area contributed by atoms with E-state index in [0.717, 1.165) is 16.9 Å². The molecule has 2 aromatic carbocycles. The van der Waals surface area contributed by atoms with Crippen LogP contribution >= 0.6 is 11.8 Å². The normalized spacial score (nSPS) is 10.3. The Morgan fingerprint density at radius 3 is 2.82 bits per heavy atom. The molecule has 0 bridgehead atoms. The summed E-state index contributed by atoms with van der Waals surface area (Å²) in [5.41, 5.74) is 1.82. The van der Waals surface area contributed by atoms with Gasteiger partial charge in [0.25, 0.3) is 0 Å². The van der Waals surface area contributed by atoms with E-state index in [-0.39, 0.29) is 11.7 Å². The van der Waals surface area contributed by atoms with E-state index in [1.807, 2.05) is 30.3 Å². The fraction of sp³-hybridized carbons (Fsp3) is 0.235. The third kappa shape index (κ3) is 5.07. The molecule has 116 valence electrons. The van der Waals surface area contributed by atoms with Crippen molar-refractivity contribution in [3.63, 3.8) is 0 Å². The number of para-hydroxylation sites is 1. The first-order valence-corrected chi connectivity index (χ1v) is 8.05. The summed E-state index contributed by atoms with van der Waals surface area (Å²) in [7, 11) is 1.61. The molecule has 3 nitrogen and oxygen atoms in total. The topological polar surface area (TPSA) is 38.3 Å². The number of hydrogen-bond donors (Lipinski definition) is 1. The number of rotatable bonds is 7. The maximum Gasteiger partial charge on any atom is 0.230 e. The van der Waals surface area contributed by atoms with Crippen molar-refractivity contribution >= 4 is 17.7 Å². The second kappa shape index (κ2) is 8.44. The number of benzene rings is 2. The minimum Gasteiger partial charge on any atom is -0.496 e. The van der Waals surface area contributed by atoms with Gasteiger partial charge < -0.3 is 10.1 Å². The van der Waals surface area contributed by atoms with Crippen LogP contribution in [-0.2, 0) is 17.1 Å². The van der Waals surface area contributed by atoms with Crippen LogP contribution in [0, 0.1) is 5.82 Å². The van der Waals surface area contributed by atoms with Gasteiger partial charge in [0.15, 0.2) is 0 Å². The Morgan fingerprint density at radius 1 is 1.23 bits per heavy atom. The second-order valence-corrected chi connectivity index (χ2v) is 5.70. The molecule has 0 aliphatic carbocycles. The number of ether oxygens (including phenoxy) is 1. The Morgan fingerprint density at radius 2 is 2.05 bits per heavy atom. The molecule has 0 spiro atoms. The molecule has 0 saturated heterocycles. The van der Waals surface area contributed by atoms with E-state index in [1.165, 1.54) is 23.9 Å². The molecule has 2 rings (SSSR count). The molecule has 1 N–H and O–H groups in total. The van der Waals surface area contributed by atoms with Crippen molar-refractivity contribution in [2.24, 2.45) is 0 Å². The minimum absolute atomic E-state index is 0.0488. The first-order valence-electron chi connectivity index (χ1n) is 6.90. The first-order chi connectivity index (χ1) is 10.7. The van der Waals surface area contributed by atoms with Crippen LogP contribution in [0.1, 0.15) is 11.1 Å². The van der Waals surface area contributed by atoms with Gasteiger partial charge in [-0.15, -0.1) is 11.8 Å². The summed E-state index contributed by atoms with van der Waals surface area (Å²) in [5, 5.41) is 2.86. The van der Waals surface area contributed by atoms with Gasteiger partial charge in [-0.25, -0.2) is 4.39 Å². The molecule has 0 aliphatic heterocycles. The lowest BCUT2D eigenvalue weighted by molar-refractivity contribution is -0.118. The van der Waals surface area contributed by atoms with Gasteiger partial charge in [-0.2, -0.15) is 0 Å². The predicted octanol–water partition coefficient (Wildman–Crippen LogP) is 3.38. The second-order valence-electron chi connectivity index (χ2n) is 4.71. The summed E-state index contributed by atoms with van der Waals surface area (Å²) in [4.78, 5) is 11.8. The summed E-state index contributed by atoms with van der Waals surface area (Å²) in [5.74, 6) is 1.41. The van der Waals surface area contributed by atoms with E-state index >= 15 is 0 Å². The first kappa shape index (κ1) is 16.4. The molecule has 0 fully saturated rings. The van der Waals surface area contributed by atoms with Gasteiger partial charge in [-0.1, -0.05) is 30.3 Å². The Hall–Kier alpha value is -2.01. The zero-order chi connectivity index (χ0) is 15.8. The van der Waals surface area contributed by atoms with Crippen molar-refractivity contribution in [3.05, 3.63) is 65.5 Å². The highest BCUT2D eigenvalue weighted by Crippen LogP contribution is 2.17. The van der Waals surface area contributed by atoms with Crippen LogP contribution in [0.3, 0.4) is 0 Å². The third-order valence-electron chi connectivity index (χ3n) is 3.06. The Kier molecular flexibility index (Phi) is 6.27. The number of carbonyl (C=O) groups excluding carboxylic acids is 1. The highest BCUT2D eigenvalue weighted by molar-refractivity contribution is 7.99. The van der Waals surface area contributed by atoms with Crippen LogP contribution in [0.25, 0.3) is 0 Å². The maximum absolute atomic E-state index is 13.0. The molecule has 0 saturated carbocycles. The van der Waals surface area contributed by atoms with Crippen LogP contribution in [0.2, 0.25) is 0 Å². The summed E-state index contributed by atoms with van der Waals surface area (Å²) in [6.07, 6.45) is 0. The lowest BCUT2D eigenvalue weighted by Crippen LogP contribution is -2.24. The van der Waals surface area contributed by atoms with Crippen molar-refractivity contribution in [1.29, 1.82) is 0 Å². The van der Waals surface area contributed by atoms with E-state index < -0.39 is 0 Å². The van der Waals surface area contributed by atoms with E-state index in [9.17, 15) is 9.18 Å². The van der Waals surface area contributed by atoms with Gasteiger partial charge in [0.1, 0.15) is 11.6 Å². The highest BCUT2D eigenvalue weighted by Gasteiger charge is 2.05. The number of halogens is 1. The Bertz CT molecular complexity index is 634. The highest BCUT2D eigenvalue weighted by atomic mass is 32.2. The lowest BCUT2D eigenvalue weighted by atomic mass is 10.2. The van der Waals surface area contributed by atoms with Crippen molar-refractivity contribution in [3.8, 4) is 5.75 Å². The van der Waals surface area contributed by atoms with Gasteiger partial charge in [0.2, 0.25) is 5.91 Å². The average Bonchev–Trinajstić information content (AvgIpc) is 2.53. The van der Waals surface area contributed by atoms with Crippen molar-refractivity contribution in [1.82, 2.24) is 5.32 Å². The lowest BCUT2D eigenvalue weighted by Gasteiger charge is -2.09. The molecular weight excluding hydrogens is 301 g/mol. The third-order valence-corrected chi connectivity index (χ3v) is 4.06. The molecule has 2 aromatic rings. The number of carbonyl (C=O) groups is 1. The van der Waals surface area contributed by atoms with Gasteiger partial charge in [-0.05, 0) is 23.8 Å². The van der Waals surface area contributed by atoms with Gasteiger partial charge >= 0.3 is 0 Å². The van der Waals surface area contributed by atoms with Gasteiger partial charge in [0, 0.05) is 17.9 Å². The van der Waals surface area contributed by atoms with Crippen LogP contribution in [-0.4, -0.2) is 18.8 Å². The quantitative estimate of drug-likeness (QED) is 0.850. The fourth-order valence-electron chi connectivity index (χ4n) is 1.98. The number of amides is 1. The number of nitrogens with one attached hydrogen (secondary N) is 1. The van der Waals surface area contributed by atoms with Crippen LogP contribution in [0.15, 0.2) is 48.5 Å². The summed E-state index contributed by atoms with van der Waals surface area (Å²) < 4.78 is 18.3. The number of hydrogen-bond acceptors (Lipinski definition) is 3. The Balaban J connectivity index is 1.74. The van der Waals surface area contributed by atoms with E-state index in [1.54, 1.807) is 13.2 Å². The molecule has 0 atom stereocenters. The fourth-order valence-corrected chi connectivity index (χ4v) is 2.79. The van der Waals surface area contributed by atoms with E-state index in [2.05, 4.69) is 5.32 Å². The standard InChI is InChI=1S/C17H18FNO2S/c1-21-16-8-3-2-6-14(16)10-19-17(20)12-22-11-13-5-4-7-15(18)9-13/h2-9H,10-12H2,1H3,(H,19,20).